The van der Waals surface area contributed by atoms with Crippen LogP contribution in [0, 0.1) is 5.92 Å². The third-order valence-electron chi connectivity index (χ3n) is 3.72. The van der Waals surface area contributed by atoms with Crippen molar-refractivity contribution in [3.05, 3.63) is 48.5 Å². The van der Waals surface area contributed by atoms with Gasteiger partial charge in [0.25, 0.3) is 0 Å². The molecule has 112 valence electrons. The Morgan fingerprint density at radius 3 is 2.62 bits per heavy atom. The van der Waals surface area contributed by atoms with Gasteiger partial charge in [-0.05, 0) is 12.0 Å². The lowest BCUT2D eigenvalue weighted by Gasteiger charge is -2.37. The van der Waals surface area contributed by atoms with Gasteiger partial charge in [-0.15, -0.1) is 0 Å². The Labute approximate surface area is 124 Å². The zero-order valence-corrected chi connectivity index (χ0v) is 12.5. The van der Waals surface area contributed by atoms with Gasteiger partial charge in [-0.25, -0.2) is 17.7 Å². The third kappa shape index (κ3) is 3.48. The monoisotopic (exact) mass is 306 g/mol. The van der Waals surface area contributed by atoms with Crippen LogP contribution in [0.1, 0.15) is 5.56 Å². The summed E-state index contributed by atoms with van der Waals surface area (Å²) in [7, 11) is -3.15. The summed E-state index contributed by atoms with van der Waals surface area (Å²) in [5.74, 6) is 0.505. The second-order valence-electron chi connectivity index (χ2n) is 5.35. The van der Waals surface area contributed by atoms with E-state index in [1.165, 1.54) is 6.33 Å². The molecule has 1 aromatic carbocycles. The summed E-state index contributed by atoms with van der Waals surface area (Å²) in [4.78, 5) is 3.88. The highest BCUT2D eigenvalue weighted by molar-refractivity contribution is 7.89. The van der Waals surface area contributed by atoms with Crippen LogP contribution in [0.3, 0.4) is 0 Å². The maximum Gasteiger partial charge on any atom is 0.214 e. The van der Waals surface area contributed by atoms with Gasteiger partial charge in [-0.1, -0.05) is 30.3 Å². The Bertz CT molecular complexity index is 664. The van der Waals surface area contributed by atoms with Gasteiger partial charge >= 0.3 is 0 Å². The third-order valence-corrected chi connectivity index (χ3v) is 5.53. The van der Waals surface area contributed by atoms with Crippen LogP contribution in [0.2, 0.25) is 0 Å². The van der Waals surface area contributed by atoms with E-state index in [9.17, 15) is 8.42 Å². The number of hydrogen-bond donors (Lipinski definition) is 0. The number of sulfonamides is 1. The Morgan fingerprint density at radius 2 is 1.95 bits per heavy atom. The zero-order valence-electron chi connectivity index (χ0n) is 11.7. The first kappa shape index (κ1) is 14.2. The minimum atomic E-state index is -3.15. The van der Waals surface area contributed by atoms with E-state index in [1.54, 1.807) is 15.3 Å². The maximum atomic E-state index is 12.2. The Morgan fingerprint density at radius 1 is 1.19 bits per heavy atom. The van der Waals surface area contributed by atoms with E-state index in [4.69, 9.17) is 0 Å². The van der Waals surface area contributed by atoms with Crippen molar-refractivity contribution >= 4 is 10.0 Å². The fourth-order valence-electron chi connectivity index (χ4n) is 2.48. The molecule has 1 aliphatic heterocycles. The average Bonchev–Trinajstić information content (AvgIpc) is 2.94. The molecule has 2 heterocycles. The molecule has 2 aromatic rings. The van der Waals surface area contributed by atoms with Crippen LogP contribution >= 0.6 is 0 Å². The predicted molar refractivity (Wildman–Crippen MR) is 79.0 cm³/mol. The van der Waals surface area contributed by atoms with Crippen molar-refractivity contribution in [2.24, 2.45) is 5.92 Å². The number of aromatic nitrogens is 3. The molecule has 7 heteroatoms. The Kier molecular flexibility index (Phi) is 4.03. The normalized spacial score (nSPS) is 16.8. The Balaban J connectivity index is 1.48. The van der Waals surface area contributed by atoms with Gasteiger partial charge in [0.05, 0.1) is 5.75 Å². The van der Waals surface area contributed by atoms with Crippen LogP contribution in [0.4, 0.5) is 0 Å². The topological polar surface area (TPSA) is 68.1 Å². The standard InChI is InChI=1S/C14H18N4O2S/c19-21(20,7-6-13-4-2-1-3-5-13)18-9-14(10-18)8-17-12-15-11-16-17/h1-5,11-12,14H,6-10H2. The van der Waals surface area contributed by atoms with E-state index < -0.39 is 10.0 Å². The lowest BCUT2D eigenvalue weighted by Crippen LogP contribution is -2.52. The highest BCUT2D eigenvalue weighted by Gasteiger charge is 2.35. The van der Waals surface area contributed by atoms with Crippen molar-refractivity contribution in [1.82, 2.24) is 19.1 Å². The molecule has 0 aliphatic carbocycles. The van der Waals surface area contributed by atoms with E-state index in [1.807, 2.05) is 30.3 Å². The molecule has 6 nitrogen and oxygen atoms in total. The minimum Gasteiger partial charge on any atom is -0.253 e. The van der Waals surface area contributed by atoms with E-state index >= 15 is 0 Å². The van der Waals surface area contributed by atoms with E-state index in [-0.39, 0.29) is 5.75 Å². The summed E-state index contributed by atoms with van der Waals surface area (Å²) in [6.07, 6.45) is 3.72. The highest BCUT2D eigenvalue weighted by atomic mass is 32.2. The van der Waals surface area contributed by atoms with Crippen molar-refractivity contribution in [2.45, 2.75) is 13.0 Å². The number of rotatable bonds is 6. The molecular formula is C14H18N4O2S. The molecule has 3 rings (SSSR count). The molecule has 0 bridgehead atoms. The van der Waals surface area contributed by atoms with Crippen molar-refractivity contribution in [2.75, 3.05) is 18.8 Å². The fourth-order valence-corrected chi connectivity index (χ4v) is 4.10. The predicted octanol–water partition coefficient (Wildman–Crippen LogP) is 0.782. The molecule has 21 heavy (non-hydrogen) atoms. The molecule has 0 atom stereocenters. The molecule has 0 spiro atoms. The van der Waals surface area contributed by atoms with Crippen molar-refractivity contribution < 1.29 is 8.42 Å². The molecule has 1 fully saturated rings. The fraction of sp³-hybridized carbons (Fsp3) is 0.429. The van der Waals surface area contributed by atoms with Crippen molar-refractivity contribution in [3.8, 4) is 0 Å². The molecule has 0 unspecified atom stereocenters. The summed E-state index contributed by atoms with van der Waals surface area (Å²) in [6.45, 7) is 1.89. The molecule has 0 amide bonds. The summed E-state index contributed by atoms with van der Waals surface area (Å²) in [5, 5.41) is 4.04. The average molecular weight is 306 g/mol. The molecule has 0 radical (unpaired) electrons. The van der Waals surface area contributed by atoms with Crippen LogP contribution in [0.15, 0.2) is 43.0 Å². The zero-order chi connectivity index (χ0) is 14.7. The van der Waals surface area contributed by atoms with E-state index in [2.05, 4.69) is 10.1 Å². The largest absolute Gasteiger partial charge is 0.253 e. The lowest BCUT2D eigenvalue weighted by atomic mass is 10.0. The number of benzene rings is 1. The van der Waals surface area contributed by atoms with Crippen LogP contribution in [-0.4, -0.2) is 46.3 Å². The van der Waals surface area contributed by atoms with Gasteiger partial charge in [-0.2, -0.15) is 5.10 Å². The maximum absolute atomic E-state index is 12.2. The second-order valence-corrected chi connectivity index (χ2v) is 7.44. The number of nitrogens with zero attached hydrogens (tertiary/aromatic N) is 4. The quantitative estimate of drug-likeness (QED) is 0.791. The van der Waals surface area contributed by atoms with Crippen LogP contribution in [0.5, 0.6) is 0 Å². The van der Waals surface area contributed by atoms with Gasteiger partial charge < -0.3 is 0 Å². The molecule has 1 aromatic heterocycles. The van der Waals surface area contributed by atoms with Crippen LogP contribution < -0.4 is 0 Å². The van der Waals surface area contributed by atoms with Gasteiger partial charge in [0, 0.05) is 25.6 Å². The highest BCUT2D eigenvalue weighted by Crippen LogP contribution is 2.21. The number of hydrogen-bond acceptors (Lipinski definition) is 4. The molecular weight excluding hydrogens is 288 g/mol. The Hall–Kier alpha value is -1.73. The lowest BCUT2D eigenvalue weighted by molar-refractivity contribution is 0.175. The van der Waals surface area contributed by atoms with Gasteiger partial charge in [0.2, 0.25) is 10.0 Å². The SMILES string of the molecule is O=S(=O)(CCc1ccccc1)N1CC(Cn2cncn2)C1. The summed E-state index contributed by atoms with van der Waals surface area (Å²) in [6, 6.07) is 9.71. The summed E-state index contributed by atoms with van der Waals surface area (Å²) in [5.41, 5.74) is 1.06. The van der Waals surface area contributed by atoms with Crippen LogP contribution in [0.25, 0.3) is 0 Å². The van der Waals surface area contributed by atoms with Crippen molar-refractivity contribution in [3.63, 3.8) is 0 Å². The van der Waals surface area contributed by atoms with Crippen LogP contribution in [-0.2, 0) is 23.0 Å². The first-order valence-electron chi connectivity index (χ1n) is 6.98. The number of aryl methyl sites for hydroxylation is 1. The molecule has 1 saturated heterocycles. The van der Waals surface area contributed by atoms with E-state index in [0.29, 0.717) is 25.4 Å². The van der Waals surface area contributed by atoms with Crippen molar-refractivity contribution in [1.29, 1.82) is 0 Å². The second kappa shape index (κ2) is 5.95. The smallest absolute Gasteiger partial charge is 0.214 e. The van der Waals surface area contributed by atoms with E-state index in [0.717, 1.165) is 12.1 Å². The van der Waals surface area contributed by atoms with Gasteiger partial charge in [-0.3, -0.25) is 4.68 Å². The summed E-state index contributed by atoms with van der Waals surface area (Å²) < 4.78 is 27.8. The first-order chi connectivity index (χ1) is 10.1. The first-order valence-corrected chi connectivity index (χ1v) is 8.58. The molecule has 0 N–H and O–H groups in total. The van der Waals surface area contributed by atoms with Gasteiger partial charge in [0.15, 0.2) is 0 Å². The molecule has 0 saturated carbocycles. The minimum absolute atomic E-state index is 0.174. The van der Waals surface area contributed by atoms with Gasteiger partial charge in [0.1, 0.15) is 12.7 Å². The molecule has 1 aliphatic rings. The summed E-state index contributed by atoms with van der Waals surface area (Å²) >= 11 is 0.